The van der Waals surface area contributed by atoms with E-state index >= 15 is 0 Å². The highest BCUT2D eigenvalue weighted by molar-refractivity contribution is 5.85. The van der Waals surface area contributed by atoms with Crippen molar-refractivity contribution in [3.8, 4) is 5.75 Å². The Morgan fingerprint density at radius 1 is 1.43 bits per heavy atom. The lowest BCUT2D eigenvalue weighted by molar-refractivity contribution is -0.122. The number of nitrogens with one attached hydrogen (secondary N) is 2. The normalized spacial score (nSPS) is 16.9. The van der Waals surface area contributed by atoms with Gasteiger partial charge in [0.25, 0.3) is 0 Å². The fraction of sp³-hybridized carbons (Fsp3) is 0.588. The molecule has 6 heteroatoms. The second kappa shape index (κ2) is 10.5. The fourth-order valence-electron chi connectivity index (χ4n) is 2.91. The standard InChI is InChI=1S/C17H27N3O2.ClH/c1-3-10-20(15-8-9-18-12-15)13-17(21)19-11-14-6-4-5-7-16(14)22-2;/h4-7,15,18H,3,8-13H2,1-2H3,(H,19,21);1H. The number of rotatable bonds is 8. The zero-order chi connectivity index (χ0) is 15.8. The van der Waals surface area contributed by atoms with Gasteiger partial charge >= 0.3 is 0 Å². The number of amides is 1. The zero-order valence-electron chi connectivity index (χ0n) is 14.0. The van der Waals surface area contributed by atoms with Crippen LogP contribution in [0.15, 0.2) is 24.3 Å². The van der Waals surface area contributed by atoms with E-state index in [0.717, 1.165) is 43.8 Å². The molecule has 5 nitrogen and oxygen atoms in total. The van der Waals surface area contributed by atoms with Crippen LogP contribution in [-0.2, 0) is 11.3 Å². The van der Waals surface area contributed by atoms with Crippen LogP contribution in [0.1, 0.15) is 25.3 Å². The number of carbonyl (C=O) groups is 1. The summed E-state index contributed by atoms with van der Waals surface area (Å²) in [5, 5.41) is 6.37. The van der Waals surface area contributed by atoms with Crippen LogP contribution >= 0.6 is 12.4 Å². The lowest BCUT2D eigenvalue weighted by atomic mass is 10.2. The third-order valence-corrected chi connectivity index (χ3v) is 4.08. The molecule has 0 saturated carbocycles. The quantitative estimate of drug-likeness (QED) is 0.757. The molecule has 0 bridgehead atoms. The van der Waals surface area contributed by atoms with E-state index in [0.29, 0.717) is 19.1 Å². The maximum Gasteiger partial charge on any atom is 0.234 e. The van der Waals surface area contributed by atoms with Crippen molar-refractivity contribution in [2.45, 2.75) is 32.4 Å². The third-order valence-electron chi connectivity index (χ3n) is 4.08. The first-order valence-corrected chi connectivity index (χ1v) is 8.08. The van der Waals surface area contributed by atoms with Crippen molar-refractivity contribution in [2.75, 3.05) is 33.3 Å². The first-order chi connectivity index (χ1) is 10.7. The number of para-hydroxylation sites is 1. The fourth-order valence-corrected chi connectivity index (χ4v) is 2.91. The summed E-state index contributed by atoms with van der Waals surface area (Å²) < 4.78 is 5.31. The summed E-state index contributed by atoms with van der Waals surface area (Å²) in [6, 6.07) is 8.26. The number of nitrogens with zero attached hydrogens (tertiary/aromatic N) is 1. The van der Waals surface area contributed by atoms with Crippen LogP contribution in [0.3, 0.4) is 0 Å². The molecule has 0 aromatic heterocycles. The molecule has 23 heavy (non-hydrogen) atoms. The van der Waals surface area contributed by atoms with Gasteiger partial charge in [-0.15, -0.1) is 12.4 Å². The average Bonchev–Trinajstić information content (AvgIpc) is 3.07. The number of halogens is 1. The van der Waals surface area contributed by atoms with Gasteiger partial charge in [-0.25, -0.2) is 0 Å². The number of hydrogen-bond acceptors (Lipinski definition) is 4. The van der Waals surface area contributed by atoms with Crippen molar-refractivity contribution in [1.82, 2.24) is 15.5 Å². The summed E-state index contributed by atoms with van der Waals surface area (Å²) in [5.41, 5.74) is 1.00. The minimum Gasteiger partial charge on any atom is -0.496 e. The molecule has 1 aromatic rings. The van der Waals surface area contributed by atoms with E-state index in [1.807, 2.05) is 24.3 Å². The molecule has 1 atom stereocenters. The van der Waals surface area contributed by atoms with Crippen molar-refractivity contribution in [1.29, 1.82) is 0 Å². The van der Waals surface area contributed by atoms with Crippen LogP contribution in [0.2, 0.25) is 0 Å². The van der Waals surface area contributed by atoms with Crippen LogP contribution < -0.4 is 15.4 Å². The molecule has 1 aliphatic heterocycles. The molecule has 0 radical (unpaired) electrons. The number of carbonyl (C=O) groups excluding carboxylic acids is 1. The van der Waals surface area contributed by atoms with Crippen LogP contribution in [-0.4, -0.2) is 50.1 Å². The van der Waals surface area contributed by atoms with Crippen molar-refractivity contribution in [3.05, 3.63) is 29.8 Å². The van der Waals surface area contributed by atoms with Crippen LogP contribution in [0.4, 0.5) is 0 Å². The van der Waals surface area contributed by atoms with Gasteiger partial charge < -0.3 is 15.4 Å². The minimum absolute atomic E-state index is 0. The maximum absolute atomic E-state index is 12.2. The van der Waals surface area contributed by atoms with Gasteiger partial charge in [0.05, 0.1) is 13.7 Å². The van der Waals surface area contributed by atoms with Crippen molar-refractivity contribution in [2.24, 2.45) is 0 Å². The van der Waals surface area contributed by atoms with E-state index in [-0.39, 0.29) is 18.3 Å². The molecule has 130 valence electrons. The first kappa shape index (κ1) is 19.7. The third kappa shape index (κ3) is 6.01. The smallest absolute Gasteiger partial charge is 0.234 e. The van der Waals surface area contributed by atoms with Crippen molar-refractivity contribution in [3.63, 3.8) is 0 Å². The molecular formula is C17H28ClN3O2. The Balaban J connectivity index is 0.00000264. The Labute approximate surface area is 145 Å². The number of ether oxygens (including phenoxy) is 1. The molecule has 1 saturated heterocycles. The predicted molar refractivity (Wildman–Crippen MR) is 95.2 cm³/mol. The summed E-state index contributed by atoms with van der Waals surface area (Å²) in [6.45, 7) is 6.13. The number of methoxy groups -OCH3 is 1. The predicted octanol–water partition coefficient (Wildman–Crippen LogP) is 1.81. The van der Waals surface area contributed by atoms with Gasteiger partial charge in [-0.05, 0) is 32.0 Å². The monoisotopic (exact) mass is 341 g/mol. The molecule has 1 aliphatic rings. The molecule has 1 heterocycles. The molecule has 0 aliphatic carbocycles. The second-order valence-corrected chi connectivity index (χ2v) is 5.71. The molecule has 0 spiro atoms. The van der Waals surface area contributed by atoms with E-state index < -0.39 is 0 Å². The van der Waals surface area contributed by atoms with E-state index in [2.05, 4.69) is 22.5 Å². The molecule has 2 N–H and O–H groups in total. The summed E-state index contributed by atoms with van der Waals surface area (Å²) in [6.07, 6.45) is 2.19. The first-order valence-electron chi connectivity index (χ1n) is 8.08. The lowest BCUT2D eigenvalue weighted by Gasteiger charge is -2.27. The van der Waals surface area contributed by atoms with Crippen molar-refractivity contribution < 1.29 is 9.53 Å². The SMILES string of the molecule is CCCN(CC(=O)NCc1ccccc1OC)C1CCNC1.Cl. The molecule has 2 rings (SSSR count). The molecule has 1 fully saturated rings. The Bertz CT molecular complexity index is 479. The second-order valence-electron chi connectivity index (χ2n) is 5.71. The summed E-state index contributed by atoms with van der Waals surface area (Å²) in [5.74, 6) is 0.888. The highest BCUT2D eigenvalue weighted by Gasteiger charge is 2.23. The van der Waals surface area contributed by atoms with Crippen LogP contribution in [0.25, 0.3) is 0 Å². The Hall–Kier alpha value is -1.30. The highest BCUT2D eigenvalue weighted by atomic mass is 35.5. The molecule has 1 aromatic carbocycles. The number of hydrogen-bond donors (Lipinski definition) is 2. The molecule has 1 amide bonds. The summed E-state index contributed by atoms with van der Waals surface area (Å²) in [4.78, 5) is 14.5. The van der Waals surface area contributed by atoms with Gasteiger partial charge in [-0.3, -0.25) is 9.69 Å². The lowest BCUT2D eigenvalue weighted by Crippen LogP contribution is -2.44. The van der Waals surface area contributed by atoms with E-state index in [1.54, 1.807) is 7.11 Å². The Kier molecular flexibility index (Phi) is 8.99. The molecular weight excluding hydrogens is 314 g/mol. The Morgan fingerprint density at radius 3 is 2.87 bits per heavy atom. The minimum atomic E-state index is 0. The van der Waals surface area contributed by atoms with Crippen molar-refractivity contribution >= 4 is 18.3 Å². The van der Waals surface area contributed by atoms with Gasteiger partial charge in [-0.1, -0.05) is 25.1 Å². The molecule has 1 unspecified atom stereocenters. The van der Waals surface area contributed by atoms with Gasteiger partial charge in [0.15, 0.2) is 0 Å². The van der Waals surface area contributed by atoms with Gasteiger partial charge in [0.1, 0.15) is 5.75 Å². The largest absolute Gasteiger partial charge is 0.496 e. The van der Waals surface area contributed by atoms with E-state index in [9.17, 15) is 4.79 Å². The topological polar surface area (TPSA) is 53.6 Å². The Morgan fingerprint density at radius 2 is 2.22 bits per heavy atom. The zero-order valence-corrected chi connectivity index (χ0v) is 14.8. The van der Waals surface area contributed by atoms with Gasteiger partial charge in [0, 0.05) is 24.7 Å². The average molecular weight is 342 g/mol. The number of benzene rings is 1. The summed E-state index contributed by atoms with van der Waals surface area (Å²) >= 11 is 0. The highest BCUT2D eigenvalue weighted by Crippen LogP contribution is 2.16. The summed E-state index contributed by atoms with van der Waals surface area (Å²) in [7, 11) is 1.65. The van der Waals surface area contributed by atoms with E-state index in [4.69, 9.17) is 4.74 Å². The van der Waals surface area contributed by atoms with Gasteiger partial charge in [-0.2, -0.15) is 0 Å². The maximum atomic E-state index is 12.2. The van der Waals surface area contributed by atoms with Gasteiger partial charge in [0.2, 0.25) is 5.91 Å². The van der Waals surface area contributed by atoms with Crippen LogP contribution in [0.5, 0.6) is 5.75 Å². The van der Waals surface area contributed by atoms with Crippen LogP contribution in [0, 0.1) is 0 Å². The van der Waals surface area contributed by atoms with E-state index in [1.165, 1.54) is 0 Å².